The molecule has 1 aromatic carbocycles. The van der Waals surface area contributed by atoms with E-state index in [9.17, 15) is 4.79 Å². The van der Waals surface area contributed by atoms with E-state index in [2.05, 4.69) is 37.1 Å². The molecule has 0 spiro atoms. The number of rotatable bonds is 4. The van der Waals surface area contributed by atoms with Crippen molar-refractivity contribution in [2.45, 2.75) is 19.8 Å². The third kappa shape index (κ3) is 3.78. The Kier molecular flexibility index (Phi) is 4.60. The van der Waals surface area contributed by atoms with Crippen molar-refractivity contribution in [3.05, 3.63) is 35.4 Å². The minimum Gasteiger partial charge on any atom is -0.335 e. The first-order valence-electron chi connectivity index (χ1n) is 5.36. The maximum atomic E-state index is 11.6. The summed E-state index contributed by atoms with van der Waals surface area (Å²) in [5.74, 6) is 2.55. The third-order valence-electron chi connectivity index (χ3n) is 2.50. The highest BCUT2D eigenvalue weighted by Crippen LogP contribution is 2.06. The van der Waals surface area contributed by atoms with E-state index in [0.29, 0.717) is 13.0 Å². The molecule has 0 unspecified atom stereocenters. The van der Waals surface area contributed by atoms with Gasteiger partial charge in [0.15, 0.2) is 0 Å². The van der Waals surface area contributed by atoms with Crippen LogP contribution < -0.4 is 0 Å². The van der Waals surface area contributed by atoms with Crippen LogP contribution in [0.1, 0.15) is 17.5 Å². The molecule has 2 heteroatoms. The van der Waals surface area contributed by atoms with Crippen molar-refractivity contribution in [3.63, 3.8) is 0 Å². The molecule has 0 aliphatic rings. The summed E-state index contributed by atoms with van der Waals surface area (Å²) in [4.78, 5) is 13.2. The highest BCUT2D eigenvalue weighted by atomic mass is 16.2. The summed E-state index contributed by atoms with van der Waals surface area (Å²) in [5.41, 5.74) is 2.42. The smallest absolute Gasteiger partial charge is 0.223 e. The second-order valence-corrected chi connectivity index (χ2v) is 3.94. The standard InChI is InChI=1S/C14H17NO/c1-4-11-15(3)14(16)10-9-13-7-5-12(2)6-8-13/h1,5-8H,9-11H2,2-3H3. The van der Waals surface area contributed by atoms with Gasteiger partial charge in [0.25, 0.3) is 0 Å². The molecule has 1 rings (SSSR count). The van der Waals surface area contributed by atoms with E-state index in [0.717, 1.165) is 6.42 Å². The van der Waals surface area contributed by atoms with Gasteiger partial charge in [0.05, 0.1) is 6.54 Å². The fourth-order valence-electron chi connectivity index (χ4n) is 1.42. The summed E-state index contributed by atoms with van der Waals surface area (Å²) in [6.07, 6.45) is 6.43. The number of carbonyl (C=O) groups is 1. The fourth-order valence-corrected chi connectivity index (χ4v) is 1.42. The molecule has 0 radical (unpaired) electrons. The summed E-state index contributed by atoms with van der Waals surface area (Å²) in [6, 6.07) is 8.24. The van der Waals surface area contributed by atoms with E-state index >= 15 is 0 Å². The van der Waals surface area contributed by atoms with Gasteiger partial charge in [-0.1, -0.05) is 35.7 Å². The Labute approximate surface area is 97.3 Å². The largest absolute Gasteiger partial charge is 0.335 e. The van der Waals surface area contributed by atoms with Crippen molar-refractivity contribution in [1.29, 1.82) is 0 Å². The Morgan fingerprint density at radius 2 is 2.00 bits per heavy atom. The van der Waals surface area contributed by atoms with E-state index < -0.39 is 0 Å². The summed E-state index contributed by atoms with van der Waals surface area (Å²) >= 11 is 0. The van der Waals surface area contributed by atoms with Crippen LogP contribution in [0.25, 0.3) is 0 Å². The van der Waals surface area contributed by atoms with Crippen molar-refractivity contribution in [2.75, 3.05) is 13.6 Å². The van der Waals surface area contributed by atoms with Gasteiger partial charge in [0.2, 0.25) is 5.91 Å². The van der Waals surface area contributed by atoms with Crippen molar-refractivity contribution >= 4 is 5.91 Å². The van der Waals surface area contributed by atoms with Crippen molar-refractivity contribution in [1.82, 2.24) is 4.90 Å². The fraction of sp³-hybridized carbons (Fsp3) is 0.357. The van der Waals surface area contributed by atoms with E-state index in [-0.39, 0.29) is 5.91 Å². The lowest BCUT2D eigenvalue weighted by molar-refractivity contribution is -0.129. The van der Waals surface area contributed by atoms with Crippen LogP contribution in [-0.4, -0.2) is 24.4 Å². The van der Waals surface area contributed by atoms with Gasteiger partial charge in [-0.2, -0.15) is 0 Å². The lowest BCUT2D eigenvalue weighted by Gasteiger charge is -2.13. The molecule has 84 valence electrons. The predicted octanol–water partition coefficient (Wildman–Crippen LogP) is 2.02. The quantitative estimate of drug-likeness (QED) is 0.704. The molecule has 0 aromatic heterocycles. The normalized spacial score (nSPS) is 9.56. The molecule has 0 aliphatic carbocycles. The van der Waals surface area contributed by atoms with Crippen LogP contribution in [0.4, 0.5) is 0 Å². The van der Waals surface area contributed by atoms with Gasteiger partial charge < -0.3 is 4.90 Å². The van der Waals surface area contributed by atoms with Gasteiger partial charge in [-0.15, -0.1) is 6.42 Å². The monoisotopic (exact) mass is 215 g/mol. The Hall–Kier alpha value is -1.75. The molecule has 0 N–H and O–H groups in total. The number of aryl methyl sites for hydroxylation is 2. The lowest BCUT2D eigenvalue weighted by Crippen LogP contribution is -2.27. The molecule has 0 saturated heterocycles. The Morgan fingerprint density at radius 1 is 1.38 bits per heavy atom. The highest BCUT2D eigenvalue weighted by Gasteiger charge is 2.06. The molecule has 16 heavy (non-hydrogen) atoms. The molecule has 0 heterocycles. The van der Waals surface area contributed by atoms with E-state index in [1.54, 1.807) is 11.9 Å². The van der Waals surface area contributed by atoms with Crippen molar-refractivity contribution < 1.29 is 4.79 Å². The van der Waals surface area contributed by atoms with Crippen LogP contribution in [0.3, 0.4) is 0 Å². The Morgan fingerprint density at radius 3 is 2.56 bits per heavy atom. The van der Waals surface area contributed by atoms with Crippen LogP contribution in [0, 0.1) is 19.3 Å². The Bertz CT molecular complexity index is 386. The van der Waals surface area contributed by atoms with E-state index in [1.807, 2.05) is 0 Å². The van der Waals surface area contributed by atoms with Crippen LogP contribution in [0.5, 0.6) is 0 Å². The molecule has 0 fully saturated rings. The molecular formula is C14H17NO. The topological polar surface area (TPSA) is 20.3 Å². The third-order valence-corrected chi connectivity index (χ3v) is 2.50. The van der Waals surface area contributed by atoms with Crippen LogP contribution in [0.2, 0.25) is 0 Å². The van der Waals surface area contributed by atoms with Crippen LogP contribution in [-0.2, 0) is 11.2 Å². The van der Waals surface area contributed by atoms with Gasteiger partial charge in [0.1, 0.15) is 0 Å². The molecule has 0 bridgehead atoms. The van der Waals surface area contributed by atoms with Gasteiger partial charge in [-0.25, -0.2) is 0 Å². The maximum absolute atomic E-state index is 11.6. The molecule has 0 aliphatic heterocycles. The minimum atomic E-state index is 0.0959. The SMILES string of the molecule is C#CCN(C)C(=O)CCc1ccc(C)cc1. The summed E-state index contributed by atoms with van der Waals surface area (Å²) in [6.45, 7) is 2.43. The van der Waals surface area contributed by atoms with Crippen LogP contribution in [0.15, 0.2) is 24.3 Å². The second kappa shape index (κ2) is 5.97. The highest BCUT2D eigenvalue weighted by molar-refractivity contribution is 5.76. The van der Waals surface area contributed by atoms with Gasteiger partial charge in [-0.3, -0.25) is 4.79 Å². The van der Waals surface area contributed by atoms with Crippen molar-refractivity contribution in [2.24, 2.45) is 0 Å². The molecule has 0 atom stereocenters. The number of carbonyl (C=O) groups excluding carboxylic acids is 1. The Balaban J connectivity index is 2.43. The molecule has 1 amide bonds. The van der Waals surface area contributed by atoms with E-state index in [1.165, 1.54) is 11.1 Å². The molecule has 0 saturated carbocycles. The average Bonchev–Trinajstić information content (AvgIpc) is 2.28. The number of hydrogen-bond acceptors (Lipinski definition) is 1. The van der Waals surface area contributed by atoms with Gasteiger partial charge in [0, 0.05) is 13.5 Å². The van der Waals surface area contributed by atoms with Crippen LogP contribution >= 0.6 is 0 Å². The number of nitrogens with zero attached hydrogens (tertiary/aromatic N) is 1. The minimum absolute atomic E-state index is 0.0959. The summed E-state index contributed by atoms with van der Waals surface area (Å²) in [7, 11) is 1.73. The summed E-state index contributed by atoms with van der Waals surface area (Å²) in [5, 5.41) is 0. The zero-order valence-electron chi connectivity index (χ0n) is 9.86. The first-order valence-corrected chi connectivity index (χ1v) is 5.36. The van der Waals surface area contributed by atoms with Gasteiger partial charge in [-0.05, 0) is 18.9 Å². The first-order chi connectivity index (χ1) is 7.63. The average molecular weight is 215 g/mol. The summed E-state index contributed by atoms with van der Waals surface area (Å²) < 4.78 is 0. The van der Waals surface area contributed by atoms with Crippen molar-refractivity contribution in [3.8, 4) is 12.3 Å². The molecule has 1 aromatic rings. The number of amides is 1. The molecule has 2 nitrogen and oxygen atoms in total. The number of hydrogen-bond donors (Lipinski definition) is 0. The molecular weight excluding hydrogens is 198 g/mol. The maximum Gasteiger partial charge on any atom is 0.223 e. The van der Waals surface area contributed by atoms with Gasteiger partial charge >= 0.3 is 0 Å². The number of benzene rings is 1. The number of terminal acetylenes is 1. The predicted molar refractivity (Wildman–Crippen MR) is 66.0 cm³/mol. The van der Waals surface area contributed by atoms with E-state index in [4.69, 9.17) is 6.42 Å². The zero-order chi connectivity index (χ0) is 12.0. The zero-order valence-corrected chi connectivity index (χ0v) is 9.86. The second-order valence-electron chi connectivity index (χ2n) is 3.94. The lowest BCUT2D eigenvalue weighted by atomic mass is 10.1. The first kappa shape index (κ1) is 12.3.